The van der Waals surface area contributed by atoms with E-state index < -0.39 is 0 Å². The molecule has 0 heterocycles. The zero-order valence-electron chi connectivity index (χ0n) is 12.0. The monoisotopic (exact) mass is 338 g/mol. The lowest BCUT2D eigenvalue weighted by Gasteiger charge is -2.11. The average Bonchev–Trinajstić information content (AvgIpc) is 2.49. The molecular weight excluding hydrogens is 323 g/mol. The molecule has 0 bridgehead atoms. The second-order valence-corrected chi connectivity index (χ2v) is 5.46. The van der Waals surface area contributed by atoms with Gasteiger partial charge in [0.2, 0.25) is 0 Å². The van der Waals surface area contributed by atoms with E-state index in [0.29, 0.717) is 34.6 Å². The number of hydrogen-bond donors (Lipinski definition) is 2. The van der Waals surface area contributed by atoms with E-state index in [2.05, 4.69) is 10.6 Å². The third kappa shape index (κ3) is 4.83. The van der Waals surface area contributed by atoms with Gasteiger partial charge >= 0.3 is 6.03 Å². The highest BCUT2D eigenvalue weighted by Crippen LogP contribution is 2.22. The van der Waals surface area contributed by atoms with Crippen molar-refractivity contribution in [3.05, 3.63) is 58.1 Å². The molecule has 0 aliphatic heterocycles. The number of halogens is 2. The maximum absolute atomic E-state index is 11.8. The number of aryl methyl sites for hydroxylation is 1. The predicted molar refractivity (Wildman–Crippen MR) is 90.2 cm³/mol. The molecule has 0 radical (unpaired) electrons. The summed E-state index contributed by atoms with van der Waals surface area (Å²) >= 11 is 11.9. The SMILES string of the molecule is Cc1ccc(Cl)cc1NC(=O)NCCOc1ccccc1Cl. The van der Waals surface area contributed by atoms with Crippen molar-refractivity contribution in [1.82, 2.24) is 5.32 Å². The van der Waals surface area contributed by atoms with Crippen molar-refractivity contribution < 1.29 is 9.53 Å². The van der Waals surface area contributed by atoms with Gasteiger partial charge in [-0.25, -0.2) is 4.79 Å². The minimum Gasteiger partial charge on any atom is -0.490 e. The molecular formula is C16H16Cl2N2O2. The Kier molecular flexibility index (Phi) is 5.92. The lowest BCUT2D eigenvalue weighted by Crippen LogP contribution is -2.32. The first kappa shape index (κ1) is 16.5. The van der Waals surface area contributed by atoms with Crippen molar-refractivity contribution in [2.75, 3.05) is 18.5 Å². The van der Waals surface area contributed by atoms with E-state index in [1.54, 1.807) is 24.3 Å². The summed E-state index contributed by atoms with van der Waals surface area (Å²) in [4.78, 5) is 11.8. The van der Waals surface area contributed by atoms with Crippen LogP contribution in [0.1, 0.15) is 5.56 Å². The van der Waals surface area contributed by atoms with Crippen LogP contribution >= 0.6 is 23.2 Å². The van der Waals surface area contributed by atoms with Gasteiger partial charge in [0, 0.05) is 10.7 Å². The molecule has 0 saturated heterocycles. The van der Waals surface area contributed by atoms with Crippen molar-refractivity contribution >= 4 is 34.9 Å². The quantitative estimate of drug-likeness (QED) is 0.788. The first-order valence-corrected chi connectivity index (χ1v) is 7.50. The largest absolute Gasteiger partial charge is 0.490 e. The zero-order chi connectivity index (χ0) is 15.9. The minimum absolute atomic E-state index is 0.312. The third-order valence-corrected chi connectivity index (χ3v) is 3.48. The molecule has 0 aromatic heterocycles. The molecule has 22 heavy (non-hydrogen) atoms. The second-order valence-electron chi connectivity index (χ2n) is 4.62. The molecule has 0 atom stereocenters. The highest BCUT2D eigenvalue weighted by Gasteiger charge is 2.05. The highest BCUT2D eigenvalue weighted by molar-refractivity contribution is 6.32. The summed E-state index contributed by atoms with van der Waals surface area (Å²) in [6, 6.07) is 12.2. The number of amides is 2. The van der Waals surface area contributed by atoms with Gasteiger partial charge in [-0.2, -0.15) is 0 Å². The minimum atomic E-state index is -0.312. The Hall–Kier alpha value is -1.91. The Morgan fingerprint density at radius 3 is 2.73 bits per heavy atom. The molecule has 4 nitrogen and oxygen atoms in total. The van der Waals surface area contributed by atoms with Crippen LogP contribution in [0.25, 0.3) is 0 Å². The number of anilines is 1. The van der Waals surface area contributed by atoms with E-state index in [9.17, 15) is 4.79 Å². The molecule has 116 valence electrons. The molecule has 0 fully saturated rings. The van der Waals surface area contributed by atoms with Gasteiger partial charge in [-0.15, -0.1) is 0 Å². The van der Waals surface area contributed by atoms with Crippen LogP contribution in [0.2, 0.25) is 10.0 Å². The Balaban J connectivity index is 1.76. The fourth-order valence-electron chi connectivity index (χ4n) is 1.78. The molecule has 2 rings (SSSR count). The fraction of sp³-hybridized carbons (Fsp3) is 0.188. The number of carbonyl (C=O) groups is 1. The van der Waals surface area contributed by atoms with E-state index in [4.69, 9.17) is 27.9 Å². The molecule has 2 amide bonds. The van der Waals surface area contributed by atoms with E-state index >= 15 is 0 Å². The van der Waals surface area contributed by atoms with Crippen LogP contribution in [0.15, 0.2) is 42.5 Å². The highest BCUT2D eigenvalue weighted by atomic mass is 35.5. The summed E-state index contributed by atoms with van der Waals surface area (Å²) in [5, 5.41) is 6.57. The third-order valence-electron chi connectivity index (χ3n) is 2.93. The van der Waals surface area contributed by atoms with Gasteiger partial charge in [0.15, 0.2) is 0 Å². The van der Waals surface area contributed by atoms with Gasteiger partial charge in [0.1, 0.15) is 12.4 Å². The van der Waals surface area contributed by atoms with Crippen LogP contribution in [0.3, 0.4) is 0 Å². The summed E-state index contributed by atoms with van der Waals surface area (Å²) in [6.07, 6.45) is 0. The molecule has 2 aromatic carbocycles. The van der Waals surface area contributed by atoms with Crippen molar-refractivity contribution in [3.8, 4) is 5.75 Å². The zero-order valence-corrected chi connectivity index (χ0v) is 13.5. The van der Waals surface area contributed by atoms with E-state index in [1.165, 1.54) is 0 Å². The van der Waals surface area contributed by atoms with E-state index in [1.807, 2.05) is 25.1 Å². The van der Waals surface area contributed by atoms with Crippen LogP contribution in [-0.4, -0.2) is 19.2 Å². The van der Waals surface area contributed by atoms with Crippen LogP contribution in [0, 0.1) is 6.92 Å². The number of benzene rings is 2. The summed E-state index contributed by atoms with van der Waals surface area (Å²) in [5.74, 6) is 0.595. The summed E-state index contributed by atoms with van der Waals surface area (Å²) in [5.41, 5.74) is 1.61. The fourth-order valence-corrected chi connectivity index (χ4v) is 2.15. The van der Waals surface area contributed by atoms with Crippen LogP contribution in [-0.2, 0) is 0 Å². The number of rotatable bonds is 5. The average molecular weight is 339 g/mol. The molecule has 0 spiro atoms. The first-order valence-electron chi connectivity index (χ1n) is 6.74. The number of carbonyl (C=O) groups excluding carboxylic acids is 1. The summed E-state index contributed by atoms with van der Waals surface area (Å²) in [6.45, 7) is 2.58. The van der Waals surface area contributed by atoms with Gasteiger partial charge in [-0.1, -0.05) is 41.4 Å². The molecule has 6 heteroatoms. The number of nitrogens with one attached hydrogen (secondary N) is 2. The maximum atomic E-state index is 11.8. The molecule has 2 aromatic rings. The first-order chi connectivity index (χ1) is 10.6. The second kappa shape index (κ2) is 7.92. The van der Waals surface area contributed by atoms with Crippen molar-refractivity contribution in [2.24, 2.45) is 0 Å². The van der Waals surface area contributed by atoms with Crippen molar-refractivity contribution in [2.45, 2.75) is 6.92 Å². The lowest BCUT2D eigenvalue weighted by molar-refractivity contribution is 0.247. The van der Waals surface area contributed by atoms with Gasteiger partial charge in [0.05, 0.1) is 11.6 Å². The maximum Gasteiger partial charge on any atom is 0.319 e. The number of para-hydroxylation sites is 1. The number of ether oxygens (including phenoxy) is 1. The Labute approximate surface area is 139 Å². The lowest BCUT2D eigenvalue weighted by atomic mass is 10.2. The molecule has 0 aliphatic carbocycles. The van der Waals surface area contributed by atoms with Crippen molar-refractivity contribution in [1.29, 1.82) is 0 Å². The summed E-state index contributed by atoms with van der Waals surface area (Å²) in [7, 11) is 0. The van der Waals surface area contributed by atoms with E-state index in [0.717, 1.165) is 5.56 Å². The van der Waals surface area contributed by atoms with Crippen LogP contribution < -0.4 is 15.4 Å². The Morgan fingerprint density at radius 2 is 1.95 bits per heavy atom. The van der Waals surface area contributed by atoms with Gasteiger partial charge < -0.3 is 15.4 Å². The molecule has 2 N–H and O–H groups in total. The van der Waals surface area contributed by atoms with Gasteiger partial charge in [0.25, 0.3) is 0 Å². The Bertz CT molecular complexity index is 662. The normalized spacial score (nSPS) is 10.1. The van der Waals surface area contributed by atoms with Gasteiger partial charge in [-0.3, -0.25) is 0 Å². The predicted octanol–water partition coefficient (Wildman–Crippen LogP) is 4.50. The number of hydrogen-bond acceptors (Lipinski definition) is 2. The number of urea groups is 1. The van der Waals surface area contributed by atoms with Crippen LogP contribution in [0.4, 0.5) is 10.5 Å². The smallest absolute Gasteiger partial charge is 0.319 e. The molecule has 0 aliphatic rings. The summed E-state index contributed by atoms with van der Waals surface area (Å²) < 4.78 is 5.48. The molecule has 0 unspecified atom stereocenters. The Morgan fingerprint density at radius 1 is 1.18 bits per heavy atom. The topological polar surface area (TPSA) is 50.4 Å². The standard InChI is InChI=1S/C16H16Cl2N2O2/c1-11-6-7-12(17)10-14(11)20-16(21)19-8-9-22-15-5-3-2-4-13(15)18/h2-7,10H,8-9H2,1H3,(H2,19,20,21). The van der Waals surface area contributed by atoms with Gasteiger partial charge in [-0.05, 0) is 36.8 Å². The van der Waals surface area contributed by atoms with Crippen LogP contribution in [0.5, 0.6) is 5.75 Å². The van der Waals surface area contributed by atoms with Crippen molar-refractivity contribution in [3.63, 3.8) is 0 Å². The molecule has 0 saturated carbocycles. The van der Waals surface area contributed by atoms with E-state index in [-0.39, 0.29) is 6.03 Å².